The number of carbonyl (C=O) groups excluding carboxylic acids is 1. The minimum absolute atomic E-state index is 0.0672. The molecule has 0 spiro atoms. The second kappa shape index (κ2) is 9.87. The van der Waals surface area contributed by atoms with Crippen molar-refractivity contribution in [2.45, 2.75) is 19.4 Å². The van der Waals surface area contributed by atoms with Gasteiger partial charge in [0.2, 0.25) is 0 Å². The van der Waals surface area contributed by atoms with E-state index in [9.17, 15) is 4.79 Å². The van der Waals surface area contributed by atoms with Crippen LogP contribution in [0.4, 0.5) is 0 Å². The van der Waals surface area contributed by atoms with Crippen LogP contribution < -0.4 is 14.2 Å². The molecule has 1 saturated heterocycles. The van der Waals surface area contributed by atoms with E-state index in [-0.39, 0.29) is 11.7 Å². The maximum atomic E-state index is 13.3. The minimum Gasteiger partial charge on any atom is -0.497 e. The van der Waals surface area contributed by atoms with E-state index in [2.05, 4.69) is 15.1 Å². The number of rotatable bonds is 8. The van der Waals surface area contributed by atoms with Gasteiger partial charge < -0.3 is 14.2 Å². The van der Waals surface area contributed by atoms with Gasteiger partial charge in [-0.05, 0) is 55.8 Å². The molecule has 4 rings (SSSR count). The highest BCUT2D eigenvalue weighted by molar-refractivity contribution is 6.00. The molecule has 1 aromatic heterocycles. The molecule has 1 aliphatic rings. The van der Waals surface area contributed by atoms with Crippen molar-refractivity contribution < 1.29 is 19.0 Å². The third kappa shape index (κ3) is 4.62. The molecular formula is C25H29N3O4. The summed E-state index contributed by atoms with van der Waals surface area (Å²) in [5.41, 5.74) is 3.79. The van der Waals surface area contributed by atoms with Crippen molar-refractivity contribution in [1.82, 2.24) is 15.1 Å². The fourth-order valence-electron chi connectivity index (χ4n) is 4.31. The topological polar surface area (TPSA) is 76.7 Å². The Bertz CT molecular complexity index is 1060. The summed E-state index contributed by atoms with van der Waals surface area (Å²) in [4.78, 5) is 15.6. The highest BCUT2D eigenvalue weighted by Gasteiger charge is 2.29. The lowest BCUT2D eigenvalue weighted by molar-refractivity contribution is 0.0808. The average Bonchev–Trinajstić information content (AvgIpc) is 3.31. The number of nitrogens with one attached hydrogen (secondary N) is 1. The van der Waals surface area contributed by atoms with Crippen molar-refractivity contribution in [1.29, 1.82) is 0 Å². The zero-order chi connectivity index (χ0) is 22.5. The number of likely N-dealkylation sites (tertiary alicyclic amines) is 1. The van der Waals surface area contributed by atoms with Crippen LogP contribution in [0.2, 0.25) is 0 Å². The molecule has 168 valence electrons. The minimum atomic E-state index is -0.0672. The summed E-state index contributed by atoms with van der Waals surface area (Å²) < 4.78 is 16.0. The molecule has 0 aliphatic carbocycles. The van der Waals surface area contributed by atoms with Gasteiger partial charge in [0, 0.05) is 36.2 Å². The van der Waals surface area contributed by atoms with E-state index in [1.807, 2.05) is 36.5 Å². The van der Waals surface area contributed by atoms with Gasteiger partial charge in [-0.3, -0.25) is 14.8 Å². The number of aromatic amines is 1. The molecule has 3 aromatic rings. The third-order valence-electron chi connectivity index (χ3n) is 6.04. The van der Waals surface area contributed by atoms with Crippen molar-refractivity contribution in [3.05, 3.63) is 59.8 Å². The van der Waals surface area contributed by atoms with E-state index >= 15 is 0 Å². The van der Waals surface area contributed by atoms with E-state index < -0.39 is 0 Å². The van der Waals surface area contributed by atoms with Crippen LogP contribution in [0.1, 0.15) is 28.8 Å². The number of Topliss-reactive ketones (excluding diaryl/α,β-unsaturated/α-hetero) is 1. The lowest BCUT2D eigenvalue weighted by atomic mass is 9.89. The summed E-state index contributed by atoms with van der Waals surface area (Å²) in [5, 5.41) is 7.39. The molecule has 1 N–H and O–H groups in total. The molecule has 0 saturated carbocycles. The van der Waals surface area contributed by atoms with E-state index in [1.54, 1.807) is 33.5 Å². The van der Waals surface area contributed by atoms with Gasteiger partial charge in [-0.15, -0.1) is 0 Å². The second-order valence-corrected chi connectivity index (χ2v) is 8.00. The molecular weight excluding hydrogens is 406 g/mol. The maximum absolute atomic E-state index is 13.3. The number of hydrogen-bond donors (Lipinski definition) is 1. The summed E-state index contributed by atoms with van der Waals surface area (Å²) >= 11 is 0. The molecule has 1 atom stereocenters. The predicted octanol–water partition coefficient (Wildman–Crippen LogP) is 4.20. The number of hydrogen-bond acceptors (Lipinski definition) is 6. The second-order valence-electron chi connectivity index (χ2n) is 8.00. The van der Waals surface area contributed by atoms with Crippen molar-refractivity contribution >= 4 is 5.78 Å². The van der Waals surface area contributed by atoms with Gasteiger partial charge >= 0.3 is 0 Å². The zero-order valence-corrected chi connectivity index (χ0v) is 18.8. The van der Waals surface area contributed by atoms with Crippen LogP contribution in [-0.4, -0.2) is 55.3 Å². The van der Waals surface area contributed by atoms with Crippen molar-refractivity contribution in [3.63, 3.8) is 0 Å². The number of nitrogens with zero attached hydrogens (tertiary/aromatic N) is 2. The predicted molar refractivity (Wildman–Crippen MR) is 122 cm³/mol. The third-order valence-corrected chi connectivity index (χ3v) is 6.04. The molecule has 2 aromatic carbocycles. The number of ketones is 1. The number of piperidine rings is 1. The summed E-state index contributed by atoms with van der Waals surface area (Å²) in [7, 11) is 4.84. The van der Waals surface area contributed by atoms with Crippen LogP contribution in [-0.2, 0) is 6.54 Å². The van der Waals surface area contributed by atoms with E-state index in [4.69, 9.17) is 14.2 Å². The van der Waals surface area contributed by atoms with Crippen LogP contribution >= 0.6 is 0 Å². The van der Waals surface area contributed by atoms with Crippen LogP contribution in [0, 0.1) is 5.92 Å². The molecule has 0 amide bonds. The summed E-state index contributed by atoms with van der Waals surface area (Å²) in [6, 6.07) is 13.3. The lowest BCUT2D eigenvalue weighted by Crippen LogP contribution is -2.38. The van der Waals surface area contributed by atoms with Crippen LogP contribution in [0.5, 0.6) is 17.2 Å². The smallest absolute Gasteiger partial charge is 0.170 e. The normalized spacial score (nSPS) is 16.5. The number of methoxy groups -OCH3 is 3. The first-order valence-corrected chi connectivity index (χ1v) is 10.8. The Morgan fingerprint density at radius 1 is 1.06 bits per heavy atom. The van der Waals surface area contributed by atoms with Gasteiger partial charge in [-0.1, -0.05) is 0 Å². The lowest BCUT2D eigenvalue weighted by Gasteiger charge is -2.32. The number of benzene rings is 2. The largest absolute Gasteiger partial charge is 0.497 e. The highest BCUT2D eigenvalue weighted by atomic mass is 16.5. The van der Waals surface area contributed by atoms with Crippen LogP contribution in [0.3, 0.4) is 0 Å². The molecule has 7 heteroatoms. The number of H-pyrrole nitrogens is 1. The van der Waals surface area contributed by atoms with Crippen LogP contribution in [0.15, 0.2) is 48.7 Å². The Morgan fingerprint density at radius 2 is 1.81 bits per heavy atom. The summed E-state index contributed by atoms with van der Waals surface area (Å²) in [6.45, 7) is 2.40. The Labute approximate surface area is 188 Å². The van der Waals surface area contributed by atoms with Gasteiger partial charge in [0.05, 0.1) is 38.8 Å². The van der Waals surface area contributed by atoms with E-state index in [0.717, 1.165) is 48.5 Å². The Kier molecular flexibility index (Phi) is 6.75. The Morgan fingerprint density at radius 3 is 2.53 bits per heavy atom. The Balaban J connectivity index is 1.47. The monoisotopic (exact) mass is 435 g/mol. The van der Waals surface area contributed by atoms with Gasteiger partial charge in [-0.25, -0.2) is 0 Å². The molecule has 2 heterocycles. The SMILES string of the molecule is COc1ccc(-c2[nH]ncc2CN2CCC[C@H](C(=O)c3ccc(OC)cc3OC)C2)cc1. The van der Waals surface area contributed by atoms with Gasteiger partial charge in [-0.2, -0.15) is 5.10 Å². The quantitative estimate of drug-likeness (QED) is 0.535. The van der Waals surface area contributed by atoms with Crippen LogP contribution in [0.25, 0.3) is 11.3 Å². The Hall–Kier alpha value is -3.32. The fraction of sp³-hybridized carbons (Fsp3) is 0.360. The summed E-state index contributed by atoms with van der Waals surface area (Å²) in [5.74, 6) is 2.11. The molecule has 0 unspecified atom stereocenters. The fourth-order valence-corrected chi connectivity index (χ4v) is 4.31. The maximum Gasteiger partial charge on any atom is 0.170 e. The van der Waals surface area contributed by atoms with E-state index in [0.29, 0.717) is 23.6 Å². The van der Waals surface area contributed by atoms with Crippen molar-refractivity contribution in [2.75, 3.05) is 34.4 Å². The number of ether oxygens (including phenoxy) is 3. The first-order valence-electron chi connectivity index (χ1n) is 10.8. The van der Waals surface area contributed by atoms with Crippen molar-refractivity contribution in [2.24, 2.45) is 5.92 Å². The molecule has 32 heavy (non-hydrogen) atoms. The molecule has 0 radical (unpaired) electrons. The van der Waals surface area contributed by atoms with Gasteiger partial charge in [0.1, 0.15) is 17.2 Å². The van der Waals surface area contributed by atoms with Gasteiger partial charge in [0.25, 0.3) is 0 Å². The molecule has 1 aliphatic heterocycles. The number of carbonyl (C=O) groups is 1. The zero-order valence-electron chi connectivity index (χ0n) is 18.8. The average molecular weight is 436 g/mol. The van der Waals surface area contributed by atoms with E-state index in [1.165, 1.54) is 0 Å². The van der Waals surface area contributed by atoms with Crippen molar-refractivity contribution in [3.8, 4) is 28.5 Å². The molecule has 7 nitrogen and oxygen atoms in total. The standard InChI is InChI=1S/C25H29N3O4/c1-30-20-8-6-17(7-9-20)24-19(14-26-27-24)16-28-12-4-5-18(15-28)25(29)22-11-10-21(31-2)13-23(22)32-3/h6-11,13-14,18H,4-5,12,15-16H2,1-3H3,(H,26,27)/t18-/m0/s1. The first-order chi connectivity index (χ1) is 15.6. The molecule has 0 bridgehead atoms. The first kappa shape index (κ1) is 21.9. The number of aromatic nitrogens is 2. The van der Waals surface area contributed by atoms with Gasteiger partial charge in [0.15, 0.2) is 5.78 Å². The summed E-state index contributed by atoms with van der Waals surface area (Å²) in [6.07, 6.45) is 3.73. The highest BCUT2D eigenvalue weighted by Crippen LogP contribution is 2.31. The molecule has 1 fully saturated rings.